The largest absolute Gasteiger partial charge is 0.382 e. The molecule has 4 N–H and O–H groups in total. The third-order valence-electron chi connectivity index (χ3n) is 1.90. The quantitative estimate of drug-likeness (QED) is 0.643. The maximum absolute atomic E-state index is 5.73. The maximum atomic E-state index is 5.73. The number of hydrogen-bond donors (Lipinski definition) is 2. The van der Waals surface area contributed by atoms with Gasteiger partial charge in [-0.05, 0) is 6.42 Å². The molecule has 0 atom stereocenters. The first-order valence-electron chi connectivity index (χ1n) is 4.20. The van der Waals surface area contributed by atoms with E-state index in [1.165, 1.54) is 4.68 Å². The van der Waals surface area contributed by atoms with Crippen molar-refractivity contribution in [2.45, 2.75) is 33.1 Å². The molecule has 1 aromatic heterocycles. The summed E-state index contributed by atoms with van der Waals surface area (Å²) in [6.07, 6.45) is 0.829. The van der Waals surface area contributed by atoms with E-state index in [4.69, 9.17) is 11.6 Å². The van der Waals surface area contributed by atoms with Crippen LogP contribution in [0, 0.1) is 0 Å². The summed E-state index contributed by atoms with van der Waals surface area (Å²) < 4.78 is 1.48. The molecular formula is C8H16N4. The van der Waals surface area contributed by atoms with E-state index < -0.39 is 0 Å². The van der Waals surface area contributed by atoms with Crippen molar-refractivity contribution in [3.63, 3.8) is 0 Å². The average Bonchev–Trinajstić information content (AvgIpc) is 2.30. The van der Waals surface area contributed by atoms with Gasteiger partial charge in [0.05, 0.1) is 5.69 Å². The number of imidazole rings is 1. The van der Waals surface area contributed by atoms with E-state index in [1.807, 2.05) is 20.8 Å². The molecule has 0 aliphatic heterocycles. The number of nitrogen functional groups attached to an aromatic ring is 2. The van der Waals surface area contributed by atoms with Gasteiger partial charge in [-0.2, -0.15) is 0 Å². The highest BCUT2D eigenvalue weighted by Gasteiger charge is 2.13. The molecule has 4 nitrogen and oxygen atoms in total. The minimum atomic E-state index is 0.317. The molecule has 0 bridgehead atoms. The van der Waals surface area contributed by atoms with Gasteiger partial charge in [0.2, 0.25) is 0 Å². The number of nitrogens with two attached hydrogens (primary N) is 2. The fraction of sp³-hybridized carbons (Fsp3) is 0.625. The normalized spacial score (nSPS) is 11.0. The smallest absolute Gasteiger partial charge is 0.145 e. The summed E-state index contributed by atoms with van der Waals surface area (Å²) in [4.78, 5) is 4.34. The molecule has 0 aromatic carbocycles. The van der Waals surface area contributed by atoms with E-state index in [1.54, 1.807) is 0 Å². The van der Waals surface area contributed by atoms with E-state index in [0.717, 1.165) is 17.9 Å². The Morgan fingerprint density at radius 3 is 2.33 bits per heavy atom. The van der Waals surface area contributed by atoms with Gasteiger partial charge in [-0.15, -0.1) is 0 Å². The molecule has 0 spiro atoms. The van der Waals surface area contributed by atoms with Crippen LogP contribution in [-0.4, -0.2) is 9.66 Å². The van der Waals surface area contributed by atoms with Gasteiger partial charge >= 0.3 is 0 Å². The molecule has 0 radical (unpaired) electrons. The lowest BCUT2D eigenvalue weighted by Gasteiger charge is -2.04. The topological polar surface area (TPSA) is 69.9 Å². The Balaban J connectivity index is 3.16. The predicted octanol–water partition coefficient (Wildman–Crippen LogP) is 0.865. The number of anilines is 1. The van der Waals surface area contributed by atoms with Crippen LogP contribution in [0.25, 0.3) is 0 Å². The lowest BCUT2D eigenvalue weighted by Crippen LogP contribution is -2.16. The van der Waals surface area contributed by atoms with E-state index in [0.29, 0.717) is 11.7 Å². The third kappa shape index (κ3) is 1.24. The minimum Gasteiger partial charge on any atom is -0.382 e. The molecule has 0 aliphatic rings. The molecule has 4 heteroatoms. The van der Waals surface area contributed by atoms with Crippen molar-refractivity contribution in [3.8, 4) is 0 Å². The van der Waals surface area contributed by atoms with Gasteiger partial charge in [0.15, 0.2) is 0 Å². The van der Waals surface area contributed by atoms with Crippen LogP contribution in [0.1, 0.15) is 38.2 Å². The second kappa shape index (κ2) is 3.05. The van der Waals surface area contributed by atoms with Gasteiger partial charge in [-0.3, -0.25) is 0 Å². The Morgan fingerprint density at radius 1 is 1.50 bits per heavy atom. The van der Waals surface area contributed by atoms with Gasteiger partial charge < -0.3 is 11.6 Å². The summed E-state index contributed by atoms with van der Waals surface area (Å²) >= 11 is 0. The summed E-state index contributed by atoms with van der Waals surface area (Å²) in [5, 5.41) is 0. The van der Waals surface area contributed by atoms with E-state index in [2.05, 4.69) is 4.98 Å². The highest BCUT2D eigenvalue weighted by molar-refractivity contribution is 5.38. The number of aryl methyl sites for hydroxylation is 1. The Kier molecular flexibility index (Phi) is 2.26. The van der Waals surface area contributed by atoms with Crippen LogP contribution in [0.4, 0.5) is 5.82 Å². The van der Waals surface area contributed by atoms with Crippen LogP contribution in [0.3, 0.4) is 0 Å². The zero-order chi connectivity index (χ0) is 9.30. The molecule has 0 unspecified atom stereocenters. The molecule has 0 amide bonds. The fourth-order valence-corrected chi connectivity index (χ4v) is 1.18. The Labute approximate surface area is 72.5 Å². The van der Waals surface area contributed by atoms with Crippen molar-refractivity contribution in [2.24, 2.45) is 0 Å². The number of aromatic nitrogens is 2. The SMILES string of the molecule is CCc1nc(C(C)C)n(N)c1N. The van der Waals surface area contributed by atoms with Crippen molar-refractivity contribution in [2.75, 3.05) is 11.6 Å². The van der Waals surface area contributed by atoms with Crippen LogP contribution in [0.5, 0.6) is 0 Å². The lowest BCUT2D eigenvalue weighted by molar-refractivity contribution is 0.737. The van der Waals surface area contributed by atoms with Crippen molar-refractivity contribution in [1.29, 1.82) is 0 Å². The summed E-state index contributed by atoms with van der Waals surface area (Å²) in [6, 6.07) is 0. The van der Waals surface area contributed by atoms with Gasteiger partial charge in [0.1, 0.15) is 11.6 Å². The van der Waals surface area contributed by atoms with Gasteiger partial charge in [-0.1, -0.05) is 20.8 Å². The van der Waals surface area contributed by atoms with Crippen molar-refractivity contribution in [1.82, 2.24) is 9.66 Å². The molecule has 0 aliphatic carbocycles. The van der Waals surface area contributed by atoms with Crippen LogP contribution in [0.2, 0.25) is 0 Å². The summed E-state index contributed by atoms with van der Waals surface area (Å²) in [7, 11) is 0. The van der Waals surface area contributed by atoms with Gasteiger partial charge in [0.25, 0.3) is 0 Å². The van der Waals surface area contributed by atoms with Crippen molar-refractivity contribution in [3.05, 3.63) is 11.5 Å². The van der Waals surface area contributed by atoms with E-state index in [-0.39, 0.29) is 0 Å². The van der Waals surface area contributed by atoms with E-state index in [9.17, 15) is 0 Å². The molecule has 68 valence electrons. The monoisotopic (exact) mass is 168 g/mol. The Morgan fingerprint density at radius 2 is 2.08 bits per heavy atom. The second-order valence-electron chi connectivity index (χ2n) is 3.18. The standard InChI is InChI=1S/C8H16N4/c1-4-6-7(9)12(10)8(11-6)5(2)3/h5H,4,9-10H2,1-3H3. The van der Waals surface area contributed by atoms with Crippen LogP contribution in [0.15, 0.2) is 0 Å². The maximum Gasteiger partial charge on any atom is 0.145 e. The first-order valence-corrected chi connectivity index (χ1v) is 4.20. The first kappa shape index (κ1) is 8.90. The Bertz CT molecular complexity index is 275. The Hall–Kier alpha value is -1.19. The van der Waals surface area contributed by atoms with E-state index >= 15 is 0 Å². The number of nitrogens with zero attached hydrogens (tertiary/aromatic N) is 2. The summed E-state index contributed by atoms with van der Waals surface area (Å²) in [6.45, 7) is 6.11. The predicted molar refractivity (Wildman–Crippen MR) is 50.3 cm³/mol. The van der Waals surface area contributed by atoms with Crippen molar-refractivity contribution < 1.29 is 0 Å². The first-order chi connectivity index (χ1) is 5.57. The molecule has 1 heterocycles. The molecule has 0 fully saturated rings. The second-order valence-corrected chi connectivity index (χ2v) is 3.18. The number of rotatable bonds is 2. The van der Waals surface area contributed by atoms with Gasteiger partial charge in [-0.25, -0.2) is 9.66 Å². The molecule has 12 heavy (non-hydrogen) atoms. The summed E-state index contributed by atoms with van der Waals surface area (Å²) in [5.41, 5.74) is 6.62. The van der Waals surface area contributed by atoms with Crippen LogP contribution in [-0.2, 0) is 6.42 Å². The van der Waals surface area contributed by atoms with Crippen molar-refractivity contribution >= 4 is 5.82 Å². The zero-order valence-electron chi connectivity index (χ0n) is 7.83. The fourth-order valence-electron chi connectivity index (χ4n) is 1.18. The lowest BCUT2D eigenvalue weighted by atomic mass is 10.2. The molecule has 1 rings (SSSR count). The molecule has 1 aromatic rings. The number of hydrogen-bond acceptors (Lipinski definition) is 3. The highest BCUT2D eigenvalue weighted by atomic mass is 15.4. The third-order valence-corrected chi connectivity index (χ3v) is 1.90. The van der Waals surface area contributed by atoms with Crippen LogP contribution >= 0.6 is 0 Å². The summed E-state index contributed by atoms with van der Waals surface area (Å²) in [5.74, 6) is 7.46. The molecular weight excluding hydrogens is 152 g/mol. The average molecular weight is 168 g/mol. The molecule has 0 saturated heterocycles. The van der Waals surface area contributed by atoms with Crippen LogP contribution < -0.4 is 11.6 Å². The van der Waals surface area contributed by atoms with Gasteiger partial charge in [0, 0.05) is 5.92 Å². The highest BCUT2D eigenvalue weighted by Crippen LogP contribution is 2.18. The molecule has 0 saturated carbocycles. The zero-order valence-corrected chi connectivity index (χ0v) is 7.83. The minimum absolute atomic E-state index is 0.317.